The molecule has 0 unspecified atom stereocenters. The Kier molecular flexibility index (Phi) is 4.70. The van der Waals surface area contributed by atoms with Crippen molar-refractivity contribution in [2.45, 2.75) is 6.92 Å². The Morgan fingerprint density at radius 3 is 2.57 bits per heavy atom. The Labute approximate surface area is 132 Å². The smallest absolute Gasteiger partial charge is 0.258 e. The molecule has 2 aromatic rings. The van der Waals surface area contributed by atoms with Crippen LogP contribution in [0.25, 0.3) is 0 Å². The second kappa shape index (κ2) is 6.33. The van der Waals surface area contributed by atoms with Gasteiger partial charge in [-0.25, -0.2) is 4.39 Å². The molecule has 1 amide bonds. The van der Waals surface area contributed by atoms with Gasteiger partial charge in [-0.15, -0.1) is 0 Å². The van der Waals surface area contributed by atoms with E-state index < -0.39 is 5.82 Å². The maximum absolute atomic E-state index is 13.3. The van der Waals surface area contributed by atoms with E-state index >= 15 is 0 Å². The predicted molar refractivity (Wildman–Crippen MR) is 84.6 cm³/mol. The molecule has 0 aromatic heterocycles. The van der Waals surface area contributed by atoms with Crippen molar-refractivity contribution in [2.24, 2.45) is 0 Å². The van der Waals surface area contributed by atoms with Crippen LogP contribution in [0, 0.1) is 5.82 Å². The Balaban J connectivity index is 2.41. The number of benzene rings is 2. The first-order valence-electron chi connectivity index (χ1n) is 6.26. The quantitative estimate of drug-likeness (QED) is 0.850. The zero-order valence-corrected chi connectivity index (χ0v) is 12.7. The molecule has 0 spiro atoms. The minimum atomic E-state index is -0.410. The van der Waals surface area contributed by atoms with Crippen LogP contribution in [0.1, 0.15) is 17.3 Å². The number of rotatable bonds is 3. The average Bonchev–Trinajstić information content (AvgIpc) is 2.45. The molecular weight excluding hydrogens is 314 g/mol. The summed E-state index contributed by atoms with van der Waals surface area (Å²) >= 11 is 11.8. The number of anilines is 2. The molecular formula is C15H13Cl2FN2O. The molecule has 0 aliphatic heterocycles. The number of carbonyl (C=O) groups excluding carboxylic acids is 1. The fourth-order valence-electron chi connectivity index (χ4n) is 1.98. The first kappa shape index (κ1) is 15.6. The van der Waals surface area contributed by atoms with Crippen molar-refractivity contribution in [1.82, 2.24) is 0 Å². The summed E-state index contributed by atoms with van der Waals surface area (Å²) in [5.74, 6) is -0.735. The molecule has 0 aliphatic rings. The van der Waals surface area contributed by atoms with Crippen molar-refractivity contribution >= 4 is 40.5 Å². The second-order valence-electron chi connectivity index (χ2n) is 4.39. The summed E-state index contributed by atoms with van der Waals surface area (Å²) in [6.45, 7) is 2.17. The fraction of sp³-hybridized carbons (Fsp3) is 0.133. The molecule has 2 rings (SSSR count). The molecule has 0 fully saturated rings. The van der Waals surface area contributed by atoms with Gasteiger partial charge in [-0.3, -0.25) is 4.79 Å². The molecule has 2 aromatic carbocycles. The molecule has 0 atom stereocenters. The minimum absolute atomic E-state index is 0.204. The van der Waals surface area contributed by atoms with Gasteiger partial charge in [0.2, 0.25) is 0 Å². The van der Waals surface area contributed by atoms with E-state index in [2.05, 4.69) is 0 Å². The zero-order chi connectivity index (χ0) is 15.6. The van der Waals surface area contributed by atoms with E-state index in [0.29, 0.717) is 17.8 Å². The molecule has 110 valence electrons. The highest BCUT2D eigenvalue weighted by Crippen LogP contribution is 2.30. The monoisotopic (exact) mass is 326 g/mol. The molecule has 3 nitrogen and oxygen atoms in total. The number of nitrogens with two attached hydrogens (primary N) is 1. The lowest BCUT2D eigenvalue weighted by Gasteiger charge is -2.21. The van der Waals surface area contributed by atoms with E-state index in [1.54, 1.807) is 19.1 Å². The maximum Gasteiger partial charge on any atom is 0.258 e. The topological polar surface area (TPSA) is 46.3 Å². The number of carbonyl (C=O) groups is 1. The van der Waals surface area contributed by atoms with Gasteiger partial charge in [0.1, 0.15) is 5.82 Å². The van der Waals surface area contributed by atoms with Gasteiger partial charge < -0.3 is 10.6 Å². The Morgan fingerprint density at radius 1 is 1.29 bits per heavy atom. The van der Waals surface area contributed by atoms with Gasteiger partial charge in [0.05, 0.1) is 15.7 Å². The predicted octanol–water partition coefficient (Wildman–Crippen LogP) is 4.38. The first-order chi connectivity index (χ1) is 9.93. The van der Waals surface area contributed by atoms with Gasteiger partial charge in [0, 0.05) is 17.8 Å². The number of nitrogens with zero attached hydrogens (tertiary/aromatic N) is 1. The minimum Gasteiger partial charge on any atom is -0.397 e. The Bertz CT molecular complexity index is 668. The van der Waals surface area contributed by atoms with Crippen molar-refractivity contribution in [3.8, 4) is 0 Å². The fourth-order valence-corrected chi connectivity index (χ4v) is 2.31. The van der Waals surface area contributed by atoms with Gasteiger partial charge in [-0.1, -0.05) is 29.3 Å². The van der Waals surface area contributed by atoms with Crippen molar-refractivity contribution in [3.05, 3.63) is 57.8 Å². The standard InChI is InChI=1S/C15H13Cl2FN2O/c1-2-20(11-5-3-4-10(18)8-11)15(21)9-6-12(16)14(17)13(19)7-9/h3-8H,2,19H2,1H3. The van der Waals surface area contributed by atoms with Crippen LogP contribution in [0.15, 0.2) is 36.4 Å². The van der Waals surface area contributed by atoms with Crippen molar-refractivity contribution in [1.29, 1.82) is 0 Å². The first-order valence-corrected chi connectivity index (χ1v) is 7.01. The molecule has 21 heavy (non-hydrogen) atoms. The SMILES string of the molecule is CCN(C(=O)c1cc(N)c(Cl)c(Cl)c1)c1cccc(F)c1. The van der Waals surface area contributed by atoms with E-state index in [9.17, 15) is 9.18 Å². The highest BCUT2D eigenvalue weighted by atomic mass is 35.5. The third-order valence-electron chi connectivity index (χ3n) is 2.98. The summed E-state index contributed by atoms with van der Waals surface area (Å²) in [5, 5.41) is 0.414. The number of amides is 1. The highest BCUT2D eigenvalue weighted by Gasteiger charge is 2.18. The number of nitrogen functional groups attached to an aromatic ring is 1. The van der Waals surface area contributed by atoms with Crippen molar-refractivity contribution in [3.63, 3.8) is 0 Å². The molecule has 0 radical (unpaired) electrons. The number of halogens is 3. The van der Waals surface area contributed by atoms with Crippen molar-refractivity contribution in [2.75, 3.05) is 17.2 Å². The summed E-state index contributed by atoms with van der Waals surface area (Å²) in [6, 6.07) is 8.72. The molecule has 0 saturated carbocycles. The maximum atomic E-state index is 13.3. The van der Waals surface area contributed by atoms with Gasteiger partial charge in [0.25, 0.3) is 5.91 Å². The highest BCUT2D eigenvalue weighted by molar-refractivity contribution is 6.44. The van der Waals surface area contributed by atoms with Crippen LogP contribution in [-0.4, -0.2) is 12.5 Å². The van der Waals surface area contributed by atoms with Crippen LogP contribution in [0.5, 0.6) is 0 Å². The van der Waals surface area contributed by atoms with Crippen LogP contribution in [-0.2, 0) is 0 Å². The molecule has 0 saturated heterocycles. The lowest BCUT2D eigenvalue weighted by Crippen LogP contribution is -2.30. The van der Waals surface area contributed by atoms with Gasteiger partial charge in [-0.2, -0.15) is 0 Å². The molecule has 0 bridgehead atoms. The van der Waals surface area contributed by atoms with E-state index in [0.717, 1.165) is 0 Å². The third-order valence-corrected chi connectivity index (χ3v) is 3.80. The summed E-state index contributed by atoms with van der Waals surface area (Å²) in [4.78, 5) is 14.0. The molecule has 0 aliphatic carbocycles. The molecule has 0 heterocycles. The second-order valence-corrected chi connectivity index (χ2v) is 5.18. The Morgan fingerprint density at radius 2 is 2.00 bits per heavy atom. The van der Waals surface area contributed by atoms with E-state index in [1.807, 2.05) is 0 Å². The molecule has 6 heteroatoms. The van der Waals surface area contributed by atoms with Crippen molar-refractivity contribution < 1.29 is 9.18 Å². The number of hydrogen-bond acceptors (Lipinski definition) is 2. The summed E-state index contributed by atoms with van der Waals surface area (Å²) in [6.07, 6.45) is 0. The molecule has 2 N–H and O–H groups in total. The lowest BCUT2D eigenvalue weighted by atomic mass is 10.1. The van der Waals surface area contributed by atoms with Crippen LogP contribution < -0.4 is 10.6 Å². The Hall–Kier alpha value is -1.78. The van der Waals surface area contributed by atoms with E-state index in [4.69, 9.17) is 28.9 Å². The summed E-state index contributed by atoms with van der Waals surface area (Å²) in [7, 11) is 0. The van der Waals surface area contributed by atoms with Gasteiger partial charge in [0.15, 0.2) is 0 Å². The van der Waals surface area contributed by atoms with Gasteiger partial charge >= 0.3 is 0 Å². The normalized spacial score (nSPS) is 10.5. The van der Waals surface area contributed by atoms with Crippen LogP contribution >= 0.6 is 23.2 Å². The average molecular weight is 327 g/mol. The summed E-state index contributed by atoms with van der Waals surface area (Å²) in [5.41, 5.74) is 6.71. The van der Waals surface area contributed by atoms with Gasteiger partial charge in [-0.05, 0) is 37.3 Å². The van der Waals surface area contributed by atoms with Crippen LogP contribution in [0.4, 0.5) is 15.8 Å². The largest absolute Gasteiger partial charge is 0.397 e. The summed E-state index contributed by atoms with van der Waals surface area (Å²) < 4.78 is 13.3. The van der Waals surface area contributed by atoms with Crippen LogP contribution in [0.3, 0.4) is 0 Å². The van der Waals surface area contributed by atoms with Crippen LogP contribution in [0.2, 0.25) is 10.0 Å². The van der Waals surface area contributed by atoms with E-state index in [-0.39, 0.29) is 21.6 Å². The lowest BCUT2D eigenvalue weighted by molar-refractivity contribution is 0.0988. The van der Waals surface area contributed by atoms with E-state index in [1.165, 1.54) is 29.2 Å². The zero-order valence-electron chi connectivity index (χ0n) is 11.2. The third kappa shape index (κ3) is 3.28. The number of hydrogen-bond donors (Lipinski definition) is 1.